The largest absolute Gasteiger partial charge is 0.479 e. The third kappa shape index (κ3) is 4.53. The Morgan fingerprint density at radius 3 is 2.61 bits per heavy atom. The number of nitrogens with zero attached hydrogens (tertiary/aromatic N) is 1. The smallest absolute Gasteiger partial charge is 0.260 e. The Morgan fingerprint density at radius 2 is 2.11 bits per heavy atom. The Balaban J connectivity index is 2.51. The first-order valence-electron chi connectivity index (χ1n) is 6.15. The Hall–Kier alpha value is -1.29. The van der Waals surface area contributed by atoms with Crippen LogP contribution in [0.3, 0.4) is 0 Å². The van der Waals surface area contributed by atoms with E-state index in [1.807, 2.05) is 13.8 Å². The first kappa shape index (κ1) is 14.8. The lowest BCUT2D eigenvalue weighted by Gasteiger charge is -2.19. The van der Waals surface area contributed by atoms with E-state index in [9.17, 15) is 4.79 Å². The number of amides is 1. The van der Waals surface area contributed by atoms with Crippen LogP contribution >= 0.6 is 11.6 Å². The van der Waals surface area contributed by atoms with Gasteiger partial charge < -0.3 is 10.1 Å². The number of carbonyl (C=O) groups is 1. The summed E-state index contributed by atoms with van der Waals surface area (Å²) in [6, 6.07) is 3.52. The second kappa shape index (κ2) is 7.21. The number of pyridine rings is 1. The summed E-state index contributed by atoms with van der Waals surface area (Å²) in [7, 11) is 0. The topological polar surface area (TPSA) is 51.2 Å². The molecule has 0 saturated heterocycles. The van der Waals surface area contributed by atoms with E-state index in [4.69, 9.17) is 16.3 Å². The van der Waals surface area contributed by atoms with E-state index in [-0.39, 0.29) is 11.9 Å². The highest BCUT2D eigenvalue weighted by Crippen LogP contribution is 2.13. The summed E-state index contributed by atoms with van der Waals surface area (Å²) >= 11 is 5.67. The molecule has 1 unspecified atom stereocenters. The van der Waals surface area contributed by atoms with Crippen LogP contribution in [0.5, 0.6) is 5.75 Å². The summed E-state index contributed by atoms with van der Waals surface area (Å²) in [4.78, 5) is 15.8. The Labute approximate surface area is 113 Å². The molecule has 1 aromatic rings. The molecule has 1 aromatic heterocycles. The minimum Gasteiger partial charge on any atom is -0.479 e. The third-order valence-corrected chi connectivity index (χ3v) is 2.94. The van der Waals surface area contributed by atoms with Gasteiger partial charge in [0.25, 0.3) is 5.91 Å². The highest BCUT2D eigenvalue weighted by Gasteiger charge is 2.17. The molecule has 1 rings (SSSR count). The average Bonchev–Trinajstić information content (AvgIpc) is 2.38. The van der Waals surface area contributed by atoms with Crippen molar-refractivity contribution in [2.24, 2.45) is 0 Å². The number of nitrogens with one attached hydrogen (secondary N) is 1. The highest BCUT2D eigenvalue weighted by atomic mass is 35.5. The van der Waals surface area contributed by atoms with Crippen LogP contribution in [-0.2, 0) is 4.79 Å². The van der Waals surface area contributed by atoms with Crippen LogP contribution in [0, 0.1) is 0 Å². The van der Waals surface area contributed by atoms with Gasteiger partial charge in [-0.05, 0) is 31.9 Å². The molecular formula is C13H19ClN2O2. The van der Waals surface area contributed by atoms with Crippen molar-refractivity contribution in [1.82, 2.24) is 10.3 Å². The molecule has 1 heterocycles. The molecule has 0 fully saturated rings. The predicted molar refractivity (Wildman–Crippen MR) is 71.8 cm³/mol. The van der Waals surface area contributed by atoms with Gasteiger partial charge in [-0.25, -0.2) is 4.98 Å². The first-order chi connectivity index (χ1) is 8.56. The quantitative estimate of drug-likeness (QED) is 0.809. The van der Waals surface area contributed by atoms with Gasteiger partial charge in [0, 0.05) is 6.04 Å². The molecule has 0 aliphatic heterocycles. The molecule has 4 nitrogen and oxygen atoms in total. The molecule has 5 heteroatoms. The third-order valence-electron chi connectivity index (χ3n) is 2.71. The van der Waals surface area contributed by atoms with Crippen LogP contribution < -0.4 is 10.1 Å². The van der Waals surface area contributed by atoms with Crippen molar-refractivity contribution in [2.75, 3.05) is 0 Å². The van der Waals surface area contributed by atoms with E-state index >= 15 is 0 Å². The van der Waals surface area contributed by atoms with Gasteiger partial charge in [0.05, 0.1) is 6.20 Å². The van der Waals surface area contributed by atoms with E-state index in [1.54, 1.807) is 19.1 Å². The van der Waals surface area contributed by atoms with Crippen molar-refractivity contribution in [2.45, 2.75) is 45.8 Å². The fourth-order valence-electron chi connectivity index (χ4n) is 1.50. The molecule has 18 heavy (non-hydrogen) atoms. The maximum Gasteiger partial charge on any atom is 0.260 e. The summed E-state index contributed by atoms with van der Waals surface area (Å²) in [6.07, 6.45) is 2.78. The standard InChI is InChI=1S/C13H19ClN2O2/c1-4-10(5-2)16-13(17)9(3)18-11-6-7-12(14)15-8-11/h6-10H,4-5H2,1-3H3,(H,16,17). The van der Waals surface area contributed by atoms with Crippen LogP contribution in [0.2, 0.25) is 5.15 Å². The summed E-state index contributed by atoms with van der Waals surface area (Å²) in [5.41, 5.74) is 0. The number of ether oxygens (including phenoxy) is 1. The highest BCUT2D eigenvalue weighted by molar-refractivity contribution is 6.29. The summed E-state index contributed by atoms with van der Waals surface area (Å²) in [5.74, 6) is 0.422. The van der Waals surface area contributed by atoms with Crippen LogP contribution in [0.4, 0.5) is 0 Å². The van der Waals surface area contributed by atoms with Crippen molar-refractivity contribution in [3.05, 3.63) is 23.5 Å². The van der Waals surface area contributed by atoms with Gasteiger partial charge in [0.2, 0.25) is 0 Å². The Kier molecular flexibility index (Phi) is 5.92. The molecule has 1 atom stereocenters. The minimum absolute atomic E-state index is 0.112. The van der Waals surface area contributed by atoms with Gasteiger partial charge >= 0.3 is 0 Å². The van der Waals surface area contributed by atoms with Crippen molar-refractivity contribution >= 4 is 17.5 Å². The van der Waals surface area contributed by atoms with Gasteiger partial charge in [0.1, 0.15) is 10.9 Å². The molecule has 0 aliphatic rings. The molecule has 0 aliphatic carbocycles. The minimum atomic E-state index is -0.548. The fourth-order valence-corrected chi connectivity index (χ4v) is 1.61. The zero-order valence-electron chi connectivity index (χ0n) is 10.9. The van der Waals surface area contributed by atoms with E-state index in [1.165, 1.54) is 6.20 Å². The van der Waals surface area contributed by atoms with Crippen molar-refractivity contribution in [3.63, 3.8) is 0 Å². The number of halogens is 1. The second-order valence-electron chi connectivity index (χ2n) is 4.10. The number of rotatable bonds is 6. The van der Waals surface area contributed by atoms with Crippen LogP contribution in [0.15, 0.2) is 18.3 Å². The zero-order chi connectivity index (χ0) is 13.5. The number of hydrogen-bond donors (Lipinski definition) is 1. The second-order valence-corrected chi connectivity index (χ2v) is 4.49. The molecule has 1 amide bonds. The van der Waals surface area contributed by atoms with E-state index in [2.05, 4.69) is 10.3 Å². The van der Waals surface area contributed by atoms with E-state index in [0.29, 0.717) is 10.9 Å². The lowest BCUT2D eigenvalue weighted by molar-refractivity contribution is -0.128. The molecule has 0 saturated carbocycles. The summed E-state index contributed by atoms with van der Waals surface area (Å²) in [5, 5.41) is 3.34. The first-order valence-corrected chi connectivity index (χ1v) is 6.53. The predicted octanol–water partition coefficient (Wildman–Crippen LogP) is 2.81. The molecule has 0 bridgehead atoms. The lowest BCUT2D eigenvalue weighted by Crippen LogP contribution is -2.42. The van der Waals surface area contributed by atoms with Crippen LogP contribution in [0.25, 0.3) is 0 Å². The number of hydrogen-bond acceptors (Lipinski definition) is 3. The molecule has 0 aromatic carbocycles. The zero-order valence-corrected chi connectivity index (χ0v) is 11.7. The maximum absolute atomic E-state index is 11.9. The molecular weight excluding hydrogens is 252 g/mol. The average molecular weight is 271 g/mol. The summed E-state index contributed by atoms with van der Waals surface area (Å²) in [6.45, 7) is 5.80. The van der Waals surface area contributed by atoms with Crippen molar-refractivity contribution < 1.29 is 9.53 Å². The lowest BCUT2D eigenvalue weighted by atomic mass is 10.1. The normalized spacial score (nSPS) is 12.3. The molecule has 0 radical (unpaired) electrons. The molecule has 1 N–H and O–H groups in total. The van der Waals surface area contributed by atoms with Crippen molar-refractivity contribution in [3.8, 4) is 5.75 Å². The van der Waals surface area contributed by atoms with Gasteiger partial charge in [0.15, 0.2) is 6.10 Å². The maximum atomic E-state index is 11.9. The number of carbonyl (C=O) groups excluding carboxylic acids is 1. The molecule has 100 valence electrons. The van der Waals surface area contributed by atoms with Gasteiger partial charge in [-0.3, -0.25) is 4.79 Å². The Bertz CT molecular complexity index is 377. The van der Waals surface area contributed by atoms with Crippen LogP contribution in [-0.4, -0.2) is 23.0 Å². The fraction of sp³-hybridized carbons (Fsp3) is 0.538. The molecule has 0 spiro atoms. The monoisotopic (exact) mass is 270 g/mol. The summed E-state index contributed by atoms with van der Waals surface area (Å²) < 4.78 is 5.49. The van der Waals surface area contributed by atoms with Crippen molar-refractivity contribution in [1.29, 1.82) is 0 Å². The van der Waals surface area contributed by atoms with Gasteiger partial charge in [-0.2, -0.15) is 0 Å². The van der Waals surface area contributed by atoms with E-state index < -0.39 is 6.10 Å². The SMILES string of the molecule is CCC(CC)NC(=O)C(C)Oc1ccc(Cl)nc1. The Morgan fingerprint density at radius 1 is 1.44 bits per heavy atom. The van der Waals surface area contributed by atoms with Crippen LogP contribution in [0.1, 0.15) is 33.6 Å². The van der Waals surface area contributed by atoms with E-state index in [0.717, 1.165) is 12.8 Å². The number of aromatic nitrogens is 1. The van der Waals surface area contributed by atoms with Gasteiger partial charge in [-0.15, -0.1) is 0 Å². The van der Waals surface area contributed by atoms with Gasteiger partial charge in [-0.1, -0.05) is 25.4 Å².